The molecule has 1 heterocycles. The Bertz CT molecular complexity index is 1350. The SMILES string of the molecule is CCN1C(=O)/C(=C/c2ccc(OCc3ccc(Cl)cc3)c(OC)c2)SC1=Nc1cccc(C(=O)O)c1. The number of halogens is 1. The van der Waals surface area contributed by atoms with Gasteiger partial charge in [0.05, 0.1) is 23.3 Å². The summed E-state index contributed by atoms with van der Waals surface area (Å²) in [7, 11) is 1.56. The van der Waals surface area contributed by atoms with Crippen molar-refractivity contribution >= 4 is 52.2 Å². The van der Waals surface area contributed by atoms with Crippen LogP contribution >= 0.6 is 23.4 Å². The maximum Gasteiger partial charge on any atom is 0.335 e. The number of rotatable bonds is 8. The molecule has 4 rings (SSSR count). The molecule has 1 fully saturated rings. The van der Waals surface area contributed by atoms with E-state index in [9.17, 15) is 14.7 Å². The van der Waals surface area contributed by atoms with Crippen LogP contribution in [0.2, 0.25) is 5.02 Å². The summed E-state index contributed by atoms with van der Waals surface area (Å²) in [4.78, 5) is 30.9. The van der Waals surface area contributed by atoms with Crippen molar-refractivity contribution in [1.82, 2.24) is 4.90 Å². The van der Waals surface area contributed by atoms with Gasteiger partial charge in [0.2, 0.25) is 0 Å². The lowest BCUT2D eigenvalue weighted by Crippen LogP contribution is -2.28. The molecule has 36 heavy (non-hydrogen) atoms. The number of thioether (sulfide) groups is 1. The molecule has 1 aliphatic heterocycles. The van der Waals surface area contributed by atoms with Crippen LogP contribution in [0.25, 0.3) is 6.08 Å². The molecule has 0 saturated carbocycles. The van der Waals surface area contributed by atoms with Gasteiger partial charge in [0.1, 0.15) is 6.61 Å². The number of carboxylic acid groups (broad SMARTS) is 1. The maximum absolute atomic E-state index is 13.0. The minimum absolute atomic E-state index is 0.135. The van der Waals surface area contributed by atoms with Crippen LogP contribution in [-0.2, 0) is 11.4 Å². The predicted molar refractivity (Wildman–Crippen MR) is 142 cm³/mol. The number of methoxy groups -OCH3 is 1. The summed E-state index contributed by atoms with van der Waals surface area (Å²) in [5.74, 6) is -0.0800. The van der Waals surface area contributed by atoms with Crippen molar-refractivity contribution < 1.29 is 24.2 Å². The summed E-state index contributed by atoms with van der Waals surface area (Å²) in [6.07, 6.45) is 1.78. The number of carboxylic acids is 1. The number of carbonyl (C=O) groups excluding carboxylic acids is 1. The number of hydrogen-bond acceptors (Lipinski definition) is 6. The minimum atomic E-state index is -1.03. The van der Waals surface area contributed by atoms with Gasteiger partial charge in [-0.05, 0) is 78.4 Å². The molecule has 1 amide bonds. The Hall–Kier alpha value is -3.75. The van der Waals surface area contributed by atoms with E-state index in [0.717, 1.165) is 11.1 Å². The summed E-state index contributed by atoms with van der Waals surface area (Å²) < 4.78 is 11.4. The number of benzene rings is 3. The molecule has 184 valence electrons. The smallest absolute Gasteiger partial charge is 0.335 e. The van der Waals surface area contributed by atoms with E-state index in [-0.39, 0.29) is 11.5 Å². The molecule has 9 heteroatoms. The summed E-state index contributed by atoms with van der Waals surface area (Å²) in [5.41, 5.74) is 2.34. The monoisotopic (exact) mass is 522 g/mol. The van der Waals surface area contributed by atoms with Gasteiger partial charge in [0.15, 0.2) is 16.7 Å². The summed E-state index contributed by atoms with van der Waals surface area (Å²) in [6.45, 7) is 2.65. The Morgan fingerprint density at radius 3 is 2.58 bits per heavy atom. The highest BCUT2D eigenvalue weighted by Crippen LogP contribution is 2.36. The molecular formula is C27H23ClN2O5S. The fraction of sp³-hybridized carbons (Fsp3) is 0.148. The topological polar surface area (TPSA) is 88.4 Å². The molecule has 0 aromatic heterocycles. The molecule has 1 N–H and O–H groups in total. The standard InChI is InChI=1S/C27H23ClN2O5S/c1-3-30-25(31)24(36-27(30)29-21-6-4-5-19(15-21)26(32)33)14-18-9-12-22(23(13-18)34-2)35-16-17-7-10-20(28)11-8-17/h4-15H,3,16H2,1-2H3,(H,32,33)/b24-14-,29-27?. The van der Waals surface area contributed by atoms with Gasteiger partial charge in [-0.15, -0.1) is 0 Å². The minimum Gasteiger partial charge on any atom is -0.493 e. The van der Waals surface area contributed by atoms with Gasteiger partial charge in [-0.25, -0.2) is 9.79 Å². The van der Waals surface area contributed by atoms with Crippen molar-refractivity contribution in [3.8, 4) is 11.5 Å². The van der Waals surface area contributed by atoms with Crippen molar-refractivity contribution in [3.63, 3.8) is 0 Å². The van der Waals surface area contributed by atoms with E-state index in [4.69, 9.17) is 21.1 Å². The van der Waals surface area contributed by atoms with Gasteiger partial charge in [0, 0.05) is 11.6 Å². The van der Waals surface area contributed by atoms with Crippen LogP contribution in [0.3, 0.4) is 0 Å². The lowest BCUT2D eigenvalue weighted by Gasteiger charge is -2.12. The second-order valence-corrected chi connectivity index (χ2v) is 9.18. The normalized spacial score (nSPS) is 15.5. The van der Waals surface area contributed by atoms with E-state index >= 15 is 0 Å². The van der Waals surface area contributed by atoms with Crippen molar-refractivity contribution in [2.24, 2.45) is 4.99 Å². The lowest BCUT2D eigenvalue weighted by molar-refractivity contribution is -0.122. The number of carbonyl (C=O) groups is 2. The van der Waals surface area contributed by atoms with Crippen molar-refractivity contribution in [3.05, 3.63) is 93.3 Å². The lowest BCUT2D eigenvalue weighted by atomic mass is 10.1. The first-order chi connectivity index (χ1) is 17.4. The fourth-order valence-corrected chi connectivity index (χ4v) is 4.66. The number of amidine groups is 1. The van der Waals surface area contributed by atoms with E-state index in [1.165, 1.54) is 23.9 Å². The van der Waals surface area contributed by atoms with Crippen LogP contribution in [0, 0.1) is 0 Å². The third-order valence-electron chi connectivity index (χ3n) is 5.32. The van der Waals surface area contributed by atoms with Crippen LogP contribution in [0.5, 0.6) is 11.5 Å². The summed E-state index contributed by atoms with van der Waals surface area (Å²) in [6, 6.07) is 19.2. The number of aliphatic imine (C=N–C) groups is 1. The average molecular weight is 523 g/mol. The molecule has 7 nitrogen and oxygen atoms in total. The van der Waals surface area contributed by atoms with E-state index < -0.39 is 5.97 Å². The number of likely N-dealkylation sites (N-methyl/N-ethyl adjacent to an activating group) is 1. The third kappa shape index (κ3) is 5.90. The van der Waals surface area contributed by atoms with Crippen molar-refractivity contribution in [2.75, 3.05) is 13.7 Å². The van der Waals surface area contributed by atoms with Gasteiger partial charge >= 0.3 is 5.97 Å². The number of ether oxygens (including phenoxy) is 2. The van der Waals surface area contributed by atoms with Crippen LogP contribution in [0.15, 0.2) is 76.6 Å². The number of aromatic carboxylic acids is 1. The zero-order valence-corrected chi connectivity index (χ0v) is 21.2. The molecule has 1 aliphatic rings. The van der Waals surface area contributed by atoms with Crippen LogP contribution < -0.4 is 9.47 Å². The molecule has 0 radical (unpaired) electrons. The van der Waals surface area contributed by atoms with E-state index in [1.807, 2.05) is 37.3 Å². The molecular weight excluding hydrogens is 500 g/mol. The molecule has 0 aliphatic carbocycles. The van der Waals surface area contributed by atoms with E-state index in [0.29, 0.717) is 45.4 Å². The Kier molecular flexibility index (Phi) is 7.97. The van der Waals surface area contributed by atoms with Crippen molar-refractivity contribution in [2.45, 2.75) is 13.5 Å². The highest BCUT2D eigenvalue weighted by molar-refractivity contribution is 8.18. The molecule has 0 atom stereocenters. The van der Waals surface area contributed by atoms with Gasteiger partial charge < -0.3 is 14.6 Å². The quantitative estimate of drug-likeness (QED) is 0.352. The average Bonchev–Trinajstić information content (AvgIpc) is 3.17. The number of nitrogens with zero attached hydrogens (tertiary/aromatic N) is 2. The second kappa shape index (κ2) is 11.3. The maximum atomic E-state index is 13.0. The first kappa shape index (κ1) is 25.3. The zero-order valence-electron chi connectivity index (χ0n) is 19.6. The van der Waals surface area contributed by atoms with Gasteiger partial charge in [0.25, 0.3) is 5.91 Å². The fourth-order valence-electron chi connectivity index (χ4n) is 3.48. The third-order valence-corrected chi connectivity index (χ3v) is 6.57. The second-order valence-electron chi connectivity index (χ2n) is 7.74. The molecule has 0 spiro atoms. The van der Waals surface area contributed by atoms with Crippen LogP contribution in [0.4, 0.5) is 5.69 Å². The summed E-state index contributed by atoms with van der Waals surface area (Å²) in [5, 5.41) is 10.4. The molecule has 3 aromatic rings. The van der Waals surface area contributed by atoms with Crippen molar-refractivity contribution in [1.29, 1.82) is 0 Å². The molecule has 3 aromatic carbocycles. The van der Waals surface area contributed by atoms with Gasteiger partial charge in [-0.3, -0.25) is 9.69 Å². The Balaban J connectivity index is 1.55. The predicted octanol–water partition coefficient (Wildman–Crippen LogP) is 6.25. The first-order valence-corrected chi connectivity index (χ1v) is 12.3. The highest BCUT2D eigenvalue weighted by atomic mass is 35.5. The van der Waals surface area contributed by atoms with Crippen LogP contribution in [0.1, 0.15) is 28.4 Å². The van der Waals surface area contributed by atoms with E-state index in [1.54, 1.807) is 42.4 Å². The number of hydrogen-bond donors (Lipinski definition) is 1. The Labute approximate surface area is 218 Å². The first-order valence-electron chi connectivity index (χ1n) is 11.1. The Morgan fingerprint density at radius 2 is 1.89 bits per heavy atom. The molecule has 0 bridgehead atoms. The molecule has 0 unspecified atom stereocenters. The van der Waals surface area contributed by atoms with Gasteiger partial charge in [-0.2, -0.15) is 0 Å². The van der Waals surface area contributed by atoms with Gasteiger partial charge in [-0.1, -0.05) is 35.9 Å². The largest absolute Gasteiger partial charge is 0.493 e. The Morgan fingerprint density at radius 1 is 1.11 bits per heavy atom. The van der Waals surface area contributed by atoms with E-state index in [2.05, 4.69) is 4.99 Å². The summed E-state index contributed by atoms with van der Waals surface area (Å²) >= 11 is 7.17. The zero-order chi connectivity index (χ0) is 25.7. The van der Waals surface area contributed by atoms with Crippen LogP contribution in [-0.4, -0.2) is 40.7 Å². The molecule has 1 saturated heterocycles. The highest BCUT2D eigenvalue weighted by Gasteiger charge is 2.32. The number of amides is 1.